The van der Waals surface area contributed by atoms with E-state index in [1.165, 1.54) is 0 Å². The first-order valence-electron chi connectivity index (χ1n) is 11.4. The van der Waals surface area contributed by atoms with Crippen LogP contribution in [-0.2, 0) is 6.42 Å². The van der Waals surface area contributed by atoms with E-state index in [1.54, 1.807) is 6.07 Å². The van der Waals surface area contributed by atoms with Crippen LogP contribution in [0.4, 0.5) is 5.69 Å². The molecule has 1 aromatic heterocycles. The molecule has 2 amide bonds. The minimum atomic E-state index is -0.299. The van der Waals surface area contributed by atoms with Gasteiger partial charge in [0.2, 0.25) is 0 Å². The minimum Gasteiger partial charge on any atom is -0.455 e. The fourth-order valence-electron chi connectivity index (χ4n) is 4.52. The molecule has 0 atom stereocenters. The van der Waals surface area contributed by atoms with E-state index in [0.29, 0.717) is 12.0 Å². The van der Waals surface area contributed by atoms with Crippen LogP contribution in [0.2, 0.25) is 0 Å². The fourth-order valence-corrected chi connectivity index (χ4v) is 4.52. The fraction of sp³-hybridized carbons (Fsp3) is 0.179. The Bertz CT molecular complexity index is 1440. The van der Waals surface area contributed by atoms with E-state index in [0.717, 1.165) is 57.5 Å². The van der Waals surface area contributed by atoms with E-state index < -0.39 is 0 Å². The van der Waals surface area contributed by atoms with Crippen molar-refractivity contribution < 1.29 is 14.0 Å². The van der Waals surface area contributed by atoms with E-state index in [1.807, 2.05) is 74.5 Å². The molecule has 1 heterocycles. The molecule has 0 radical (unpaired) electrons. The zero-order valence-corrected chi connectivity index (χ0v) is 19.1. The lowest BCUT2D eigenvalue weighted by atomic mass is 9.93. The van der Waals surface area contributed by atoms with Crippen LogP contribution in [0.1, 0.15) is 56.2 Å². The van der Waals surface area contributed by atoms with Gasteiger partial charge in [0.05, 0.1) is 5.71 Å². The molecule has 4 aromatic rings. The van der Waals surface area contributed by atoms with Gasteiger partial charge in [0, 0.05) is 34.2 Å². The number of fused-ring (bicyclic) bond motifs is 2. The number of furan rings is 1. The van der Waals surface area contributed by atoms with Gasteiger partial charge in [-0.2, -0.15) is 5.10 Å². The van der Waals surface area contributed by atoms with Crippen molar-refractivity contribution in [2.24, 2.45) is 5.10 Å². The van der Waals surface area contributed by atoms with Gasteiger partial charge in [-0.25, -0.2) is 5.43 Å². The first-order chi connectivity index (χ1) is 16.5. The number of hydrazone groups is 1. The zero-order chi connectivity index (χ0) is 23.7. The predicted octanol–water partition coefficient (Wildman–Crippen LogP) is 5.77. The topological polar surface area (TPSA) is 83.7 Å². The number of aryl methyl sites for hydroxylation is 2. The molecule has 3 aromatic carbocycles. The quantitative estimate of drug-likeness (QED) is 0.386. The Hall–Kier alpha value is -4.19. The maximum atomic E-state index is 13.2. The summed E-state index contributed by atoms with van der Waals surface area (Å²) in [4.78, 5) is 25.8. The van der Waals surface area contributed by atoms with E-state index in [4.69, 9.17) is 4.42 Å². The second kappa shape index (κ2) is 8.98. The Morgan fingerprint density at radius 1 is 0.882 bits per heavy atom. The molecule has 0 saturated carbocycles. The monoisotopic (exact) mass is 451 g/mol. The van der Waals surface area contributed by atoms with Gasteiger partial charge in [-0.15, -0.1) is 0 Å². The smallest absolute Gasteiger partial charge is 0.291 e. The summed E-state index contributed by atoms with van der Waals surface area (Å²) < 4.78 is 6.02. The highest BCUT2D eigenvalue weighted by Gasteiger charge is 2.28. The second-order valence-corrected chi connectivity index (χ2v) is 8.50. The third-order valence-corrected chi connectivity index (χ3v) is 6.25. The van der Waals surface area contributed by atoms with Crippen molar-refractivity contribution in [3.8, 4) is 0 Å². The third kappa shape index (κ3) is 3.99. The Morgan fingerprint density at radius 2 is 1.65 bits per heavy atom. The minimum absolute atomic E-state index is 0.257. The number of carbonyl (C=O) groups is 2. The third-order valence-electron chi connectivity index (χ3n) is 6.25. The summed E-state index contributed by atoms with van der Waals surface area (Å²) in [6.45, 7) is 3.76. The summed E-state index contributed by atoms with van der Waals surface area (Å²) in [6.07, 6.45) is 2.26. The Morgan fingerprint density at radius 3 is 2.50 bits per heavy atom. The van der Waals surface area contributed by atoms with Gasteiger partial charge in [-0.1, -0.05) is 54.6 Å². The average Bonchev–Trinajstić information content (AvgIpc) is 3.20. The van der Waals surface area contributed by atoms with Crippen LogP contribution in [0.25, 0.3) is 10.8 Å². The molecule has 5 rings (SSSR count). The highest BCUT2D eigenvalue weighted by atomic mass is 16.4. The molecule has 1 aliphatic carbocycles. The van der Waals surface area contributed by atoms with Crippen LogP contribution in [0.15, 0.2) is 76.2 Å². The standard InChI is InChI=1S/C28H25N3O3/c1-17-9-3-5-12-20(17)27(32)31-30-23-15-8-16-24-25(23)18(2)26(34-24)28(33)29-22-14-7-11-19-10-4-6-13-21(19)22/h3-7,9-14H,8,15-16H2,1-2H3,(H,29,33)(H,31,32)/b30-23+. The maximum absolute atomic E-state index is 13.2. The normalized spacial score (nSPS) is 14.1. The van der Waals surface area contributed by atoms with Crippen molar-refractivity contribution in [3.05, 3.63) is 101 Å². The number of amides is 2. The van der Waals surface area contributed by atoms with Crippen molar-refractivity contribution >= 4 is 34.0 Å². The van der Waals surface area contributed by atoms with Crippen LogP contribution >= 0.6 is 0 Å². The number of anilines is 1. The predicted molar refractivity (Wildman–Crippen MR) is 133 cm³/mol. The van der Waals surface area contributed by atoms with E-state index in [2.05, 4.69) is 15.8 Å². The van der Waals surface area contributed by atoms with Crippen molar-refractivity contribution in [1.82, 2.24) is 5.43 Å². The lowest BCUT2D eigenvalue weighted by Gasteiger charge is -2.13. The van der Waals surface area contributed by atoms with Gasteiger partial charge in [0.15, 0.2) is 5.76 Å². The number of nitrogens with one attached hydrogen (secondary N) is 2. The van der Waals surface area contributed by atoms with Crippen molar-refractivity contribution in [2.75, 3.05) is 5.32 Å². The van der Waals surface area contributed by atoms with Crippen LogP contribution < -0.4 is 10.7 Å². The first kappa shape index (κ1) is 21.6. The number of hydrogen-bond acceptors (Lipinski definition) is 4. The summed E-state index contributed by atoms with van der Waals surface area (Å²) in [7, 11) is 0. The van der Waals surface area contributed by atoms with Crippen molar-refractivity contribution in [1.29, 1.82) is 0 Å². The molecule has 2 N–H and O–H groups in total. The molecular weight excluding hydrogens is 426 g/mol. The maximum Gasteiger partial charge on any atom is 0.291 e. The molecule has 6 heteroatoms. The van der Waals surface area contributed by atoms with Gasteiger partial charge in [0.1, 0.15) is 5.76 Å². The van der Waals surface area contributed by atoms with Crippen molar-refractivity contribution in [2.45, 2.75) is 33.1 Å². The molecule has 6 nitrogen and oxygen atoms in total. The SMILES string of the molecule is Cc1ccccc1C(=O)N/N=C1\CCCc2oc(C(=O)Nc3cccc4ccccc34)c(C)c21. The second-order valence-electron chi connectivity index (χ2n) is 8.50. The summed E-state index contributed by atoms with van der Waals surface area (Å²) in [6, 6.07) is 21.1. The van der Waals surface area contributed by atoms with E-state index in [9.17, 15) is 9.59 Å². The summed E-state index contributed by atoms with van der Waals surface area (Å²) >= 11 is 0. The Kier molecular flexibility index (Phi) is 5.72. The number of rotatable bonds is 4. The molecule has 0 aliphatic heterocycles. The van der Waals surface area contributed by atoms with Crippen LogP contribution in [0, 0.1) is 13.8 Å². The lowest BCUT2D eigenvalue weighted by molar-refractivity contribution is 0.0953. The number of carbonyl (C=O) groups excluding carboxylic acids is 2. The molecule has 0 unspecified atom stereocenters. The Balaban J connectivity index is 1.42. The largest absolute Gasteiger partial charge is 0.455 e. The van der Waals surface area contributed by atoms with E-state index in [-0.39, 0.29) is 17.6 Å². The van der Waals surface area contributed by atoms with Crippen LogP contribution in [-0.4, -0.2) is 17.5 Å². The molecule has 0 spiro atoms. The lowest BCUT2D eigenvalue weighted by Crippen LogP contribution is -2.22. The summed E-state index contributed by atoms with van der Waals surface area (Å²) in [5, 5.41) is 9.44. The van der Waals surface area contributed by atoms with Crippen LogP contribution in [0.5, 0.6) is 0 Å². The molecule has 1 aliphatic rings. The number of nitrogens with zero attached hydrogens (tertiary/aromatic N) is 1. The highest BCUT2D eigenvalue weighted by molar-refractivity contribution is 6.11. The van der Waals surface area contributed by atoms with Crippen LogP contribution in [0.3, 0.4) is 0 Å². The van der Waals surface area contributed by atoms with Gasteiger partial charge in [-0.05, 0) is 49.8 Å². The highest BCUT2D eigenvalue weighted by Crippen LogP contribution is 2.31. The summed E-state index contributed by atoms with van der Waals surface area (Å²) in [5.41, 5.74) is 7.17. The number of hydrogen-bond donors (Lipinski definition) is 2. The molecule has 170 valence electrons. The summed E-state index contributed by atoms with van der Waals surface area (Å²) in [5.74, 6) is 0.452. The first-order valence-corrected chi connectivity index (χ1v) is 11.4. The molecule has 0 bridgehead atoms. The molecule has 34 heavy (non-hydrogen) atoms. The molecular formula is C28H25N3O3. The van der Waals surface area contributed by atoms with Gasteiger partial charge in [-0.3, -0.25) is 9.59 Å². The van der Waals surface area contributed by atoms with Gasteiger partial charge in [0.25, 0.3) is 11.8 Å². The average molecular weight is 452 g/mol. The van der Waals surface area contributed by atoms with Crippen molar-refractivity contribution in [3.63, 3.8) is 0 Å². The molecule has 0 saturated heterocycles. The number of benzene rings is 3. The van der Waals surface area contributed by atoms with Gasteiger partial charge < -0.3 is 9.73 Å². The van der Waals surface area contributed by atoms with Gasteiger partial charge >= 0.3 is 0 Å². The zero-order valence-electron chi connectivity index (χ0n) is 19.1. The Labute approximate surface area is 197 Å². The van der Waals surface area contributed by atoms with E-state index >= 15 is 0 Å². The molecule has 0 fully saturated rings.